The minimum atomic E-state index is -4.52. The molecule has 0 unspecified atom stereocenters. The number of hydrogen-bond acceptors (Lipinski definition) is 5. The van der Waals surface area contributed by atoms with Crippen LogP contribution in [0, 0.1) is 0 Å². The van der Waals surface area contributed by atoms with Crippen molar-refractivity contribution in [2.45, 2.75) is 17.6 Å². The summed E-state index contributed by atoms with van der Waals surface area (Å²) in [6.45, 7) is 1.33. The lowest BCUT2D eigenvalue weighted by molar-refractivity contribution is -0.141. The first-order valence-electron chi connectivity index (χ1n) is 8.75. The van der Waals surface area contributed by atoms with Gasteiger partial charge in [-0.05, 0) is 30.3 Å². The number of aromatic nitrogens is 2. The number of benzene rings is 1. The molecule has 0 bridgehead atoms. The minimum absolute atomic E-state index is 0.0608. The Kier molecular flexibility index (Phi) is 6.24. The first-order chi connectivity index (χ1) is 13.7. The predicted octanol–water partition coefficient (Wildman–Crippen LogP) is 1.35. The molecule has 1 aromatic carbocycles. The number of hydrogen-bond donors (Lipinski definition) is 1. The molecule has 1 saturated heterocycles. The van der Waals surface area contributed by atoms with Gasteiger partial charge in [0.1, 0.15) is 0 Å². The molecule has 2 heterocycles. The van der Waals surface area contributed by atoms with E-state index in [2.05, 4.69) is 10.4 Å². The van der Waals surface area contributed by atoms with E-state index >= 15 is 0 Å². The van der Waals surface area contributed by atoms with E-state index < -0.39 is 27.8 Å². The van der Waals surface area contributed by atoms with Gasteiger partial charge in [-0.25, -0.2) is 8.42 Å². The molecule has 0 saturated carbocycles. The summed E-state index contributed by atoms with van der Waals surface area (Å²) in [4.78, 5) is 12.2. The third-order valence-corrected chi connectivity index (χ3v) is 6.19. The van der Waals surface area contributed by atoms with Gasteiger partial charge in [-0.2, -0.15) is 22.6 Å². The normalized spacial score (nSPS) is 16.0. The van der Waals surface area contributed by atoms with E-state index in [-0.39, 0.29) is 36.6 Å². The van der Waals surface area contributed by atoms with Crippen molar-refractivity contribution in [3.63, 3.8) is 0 Å². The summed E-state index contributed by atoms with van der Waals surface area (Å²) in [5.41, 5.74) is -0.761. The molecule has 1 fully saturated rings. The highest BCUT2D eigenvalue weighted by Crippen LogP contribution is 2.27. The highest BCUT2D eigenvalue weighted by molar-refractivity contribution is 7.89. The van der Waals surface area contributed by atoms with E-state index in [0.717, 1.165) is 10.7 Å². The molecule has 1 N–H and O–H groups in total. The van der Waals surface area contributed by atoms with E-state index in [1.54, 1.807) is 0 Å². The van der Waals surface area contributed by atoms with Crippen LogP contribution >= 0.6 is 0 Å². The lowest BCUT2D eigenvalue weighted by Crippen LogP contribution is -2.40. The first kappa shape index (κ1) is 21.3. The largest absolute Gasteiger partial charge is 0.435 e. The summed E-state index contributed by atoms with van der Waals surface area (Å²) in [7, 11) is -3.65. The van der Waals surface area contributed by atoms with Crippen molar-refractivity contribution in [1.82, 2.24) is 19.4 Å². The second-order valence-corrected chi connectivity index (χ2v) is 8.20. The number of carbonyl (C=O) groups is 1. The first-order valence-corrected chi connectivity index (χ1v) is 10.2. The van der Waals surface area contributed by atoms with E-state index in [0.29, 0.717) is 13.2 Å². The molecule has 0 atom stereocenters. The number of nitrogens with one attached hydrogen (secondary N) is 1. The SMILES string of the molecule is O=C(NCCn1ccc(C(F)(F)F)n1)c1ccc(S(=O)(=O)N2CCOCC2)cc1. The molecule has 3 rings (SSSR count). The second kappa shape index (κ2) is 8.51. The van der Waals surface area contributed by atoms with Crippen molar-refractivity contribution >= 4 is 15.9 Å². The van der Waals surface area contributed by atoms with Crippen molar-refractivity contribution in [1.29, 1.82) is 0 Å². The number of halogens is 3. The standard InChI is InChI=1S/C17H19F3N4O4S/c18-17(19,20)15-5-7-23(22-15)8-6-21-16(25)13-1-3-14(4-2-13)29(26,27)24-9-11-28-12-10-24/h1-5,7H,6,8-12H2,(H,21,25). The van der Waals surface area contributed by atoms with Gasteiger partial charge in [0.2, 0.25) is 10.0 Å². The number of ether oxygens (including phenoxy) is 1. The third kappa shape index (κ3) is 5.14. The van der Waals surface area contributed by atoms with E-state index in [9.17, 15) is 26.4 Å². The van der Waals surface area contributed by atoms with Crippen molar-refractivity contribution in [2.75, 3.05) is 32.8 Å². The molecule has 8 nitrogen and oxygen atoms in total. The van der Waals surface area contributed by atoms with E-state index in [1.807, 2.05) is 0 Å². The quantitative estimate of drug-likeness (QED) is 0.744. The number of morpholine rings is 1. The van der Waals surface area contributed by atoms with E-state index in [4.69, 9.17) is 4.74 Å². The fourth-order valence-corrected chi connectivity index (χ4v) is 4.15. The van der Waals surface area contributed by atoms with Crippen LogP contribution in [0.4, 0.5) is 13.2 Å². The van der Waals surface area contributed by atoms with Crippen molar-refractivity contribution < 1.29 is 31.1 Å². The zero-order valence-corrected chi connectivity index (χ0v) is 16.0. The van der Waals surface area contributed by atoms with Crippen LogP contribution in [-0.4, -0.2) is 61.3 Å². The number of rotatable bonds is 6. The lowest BCUT2D eigenvalue weighted by Gasteiger charge is -2.26. The molecule has 29 heavy (non-hydrogen) atoms. The lowest BCUT2D eigenvalue weighted by atomic mass is 10.2. The molecule has 0 radical (unpaired) electrons. The summed E-state index contributed by atoms with van der Waals surface area (Å²) >= 11 is 0. The van der Waals surface area contributed by atoms with Crippen molar-refractivity contribution in [3.05, 3.63) is 47.8 Å². The second-order valence-electron chi connectivity index (χ2n) is 6.26. The van der Waals surface area contributed by atoms with Crippen LogP contribution in [-0.2, 0) is 27.5 Å². The summed E-state index contributed by atoms with van der Waals surface area (Å²) in [5, 5.41) is 5.95. The molecule has 1 aromatic heterocycles. The number of nitrogens with zero attached hydrogens (tertiary/aromatic N) is 3. The molecule has 0 spiro atoms. The van der Waals surface area contributed by atoms with Crippen LogP contribution in [0.1, 0.15) is 16.1 Å². The molecule has 1 aliphatic heterocycles. The van der Waals surface area contributed by atoms with Gasteiger partial charge in [0.15, 0.2) is 5.69 Å². The average molecular weight is 432 g/mol. The predicted molar refractivity (Wildman–Crippen MR) is 95.6 cm³/mol. The van der Waals surface area contributed by atoms with Gasteiger partial charge in [0, 0.05) is 31.4 Å². The summed E-state index contributed by atoms with van der Waals surface area (Å²) < 4.78 is 70.2. The van der Waals surface area contributed by atoms with Crippen LogP contribution in [0.3, 0.4) is 0 Å². The van der Waals surface area contributed by atoms with Crippen LogP contribution in [0.5, 0.6) is 0 Å². The van der Waals surface area contributed by atoms with Crippen LogP contribution in [0.15, 0.2) is 41.4 Å². The average Bonchev–Trinajstić information content (AvgIpc) is 3.18. The number of carbonyl (C=O) groups excluding carboxylic acids is 1. The Hall–Kier alpha value is -2.44. The zero-order valence-electron chi connectivity index (χ0n) is 15.2. The van der Waals surface area contributed by atoms with Gasteiger partial charge in [-0.15, -0.1) is 0 Å². The maximum absolute atomic E-state index is 12.5. The maximum Gasteiger partial charge on any atom is 0.435 e. The Bertz CT molecular complexity index is 952. The van der Waals surface area contributed by atoms with Gasteiger partial charge in [-0.3, -0.25) is 9.48 Å². The molecule has 12 heteroatoms. The molecule has 1 aliphatic rings. The Labute approximate surface area is 165 Å². The molecule has 158 valence electrons. The van der Waals surface area contributed by atoms with Crippen LogP contribution in [0.25, 0.3) is 0 Å². The number of alkyl halides is 3. The monoisotopic (exact) mass is 432 g/mol. The van der Waals surface area contributed by atoms with Gasteiger partial charge in [-0.1, -0.05) is 0 Å². The zero-order chi connectivity index (χ0) is 21.1. The molecule has 1 amide bonds. The number of sulfonamides is 1. The highest BCUT2D eigenvalue weighted by Gasteiger charge is 2.33. The highest BCUT2D eigenvalue weighted by atomic mass is 32.2. The fourth-order valence-electron chi connectivity index (χ4n) is 2.74. The van der Waals surface area contributed by atoms with E-state index in [1.165, 1.54) is 34.8 Å². The number of amides is 1. The van der Waals surface area contributed by atoms with Gasteiger partial charge < -0.3 is 10.1 Å². The van der Waals surface area contributed by atoms with Gasteiger partial charge in [0.05, 0.1) is 24.7 Å². The Morgan fingerprint density at radius 2 is 1.79 bits per heavy atom. The molecular weight excluding hydrogens is 413 g/mol. The van der Waals surface area contributed by atoms with Crippen LogP contribution < -0.4 is 5.32 Å². The summed E-state index contributed by atoms with van der Waals surface area (Å²) in [5.74, 6) is -0.469. The smallest absolute Gasteiger partial charge is 0.379 e. The Morgan fingerprint density at radius 3 is 2.38 bits per heavy atom. The molecule has 2 aromatic rings. The Morgan fingerprint density at radius 1 is 1.14 bits per heavy atom. The maximum atomic E-state index is 12.5. The van der Waals surface area contributed by atoms with Crippen LogP contribution in [0.2, 0.25) is 0 Å². The summed E-state index contributed by atoms with van der Waals surface area (Å²) in [6.07, 6.45) is -3.34. The van der Waals surface area contributed by atoms with Gasteiger partial charge >= 0.3 is 6.18 Å². The van der Waals surface area contributed by atoms with Crippen molar-refractivity contribution in [2.24, 2.45) is 0 Å². The topological polar surface area (TPSA) is 93.5 Å². The summed E-state index contributed by atoms with van der Waals surface area (Å²) in [6, 6.07) is 6.33. The fraction of sp³-hybridized carbons (Fsp3) is 0.412. The van der Waals surface area contributed by atoms with Crippen molar-refractivity contribution in [3.8, 4) is 0 Å². The third-order valence-electron chi connectivity index (χ3n) is 4.28. The minimum Gasteiger partial charge on any atom is -0.379 e. The Balaban J connectivity index is 1.55. The van der Waals surface area contributed by atoms with Gasteiger partial charge in [0.25, 0.3) is 5.91 Å². The molecular formula is C17H19F3N4O4S. The molecule has 0 aliphatic carbocycles.